The maximum atomic E-state index is 13.0. The van der Waals surface area contributed by atoms with Crippen LogP contribution in [0.25, 0.3) is 0 Å². The van der Waals surface area contributed by atoms with E-state index in [9.17, 15) is 17.6 Å². The van der Waals surface area contributed by atoms with Crippen LogP contribution in [0.4, 0.5) is 17.6 Å². The molecule has 4 nitrogen and oxygen atoms in total. The van der Waals surface area contributed by atoms with Crippen molar-refractivity contribution in [2.24, 2.45) is 5.73 Å². The fraction of sp³-hybridized carbons (Fsp3) is 0.400. The largest absolute Gasteiger partial charge is 0.490 e. The van der Waals surface area contributed by atoms with Gasteiger partial charge in [-0.1, -0.05) is 11.6 Å². The monoisotopic (exact) mass is 302 g/mol. The van der Waals surface area contributed by atoms with Crippen LogP contribution < -0.4 is 5.73 Å². The Morgan fingerprint density at radius 1 is 1.58 bits per heavy atom. The number of nitrogens with zero attached hydrogens (tertiary/aromatic N) is 1. The van der Waals surface area contributed by atoms with Crippen LogP contribution >= 0.6 is 11.6 Å². The van der Waals surface area contributed by atoms with E-state index in [1.165, 1.54) is 6.20 Å². The van der Waals surface area contributed by atoms with Crippen LogP contribution in [0.15, 0.2) is 12.3 Å². The Morgan fingerprint density at radius 2 is 2.05 bits per heavy atom. The molecule has 0 bridgehead atoms. The molecule has 1 aromatic rings. The van der Waals surface area contributed by atoms with Crippen molar-refractivity contribution in [2.75, 3.05) is 0 Å². The molecule has 0 saturated heterocycles. The number of hydrogen-bond acceptors (Lipinski definition) is 3. The molecule has 0 aliphatic rings. The molecule has 0 spiro atoms. The van der Waals surface area contributed by atoms with E-state index in [0.29, 0.717) is 17.0 Å². The third kappa shape index (κ3) is 6.92. The van der Waals surface area contributed by atoms with E-state index in [0.717, 1.165) is 0 Å². The minimum atomic E-state index is -5.08. The van der Waals surface area contributed by atoms with Gasteiger partial charge in [0.15, 0.2) is 0 Å². The summed E-state index contributed by atoms with van der Waals surface area (Å²) < 4.78 is 44.7. The molecule has 1 rings (SSSR count). The van der Waals surface area contributed by atoms with Gasteiger partial charge in [-0.15, -0.1) is 0 Å². The second kappa shape index (κ2) is 7.25. The zero-order chi connectivity index (χ0) is 15.2. The van der Waals surface area contributed by atoms with Crippen molar-refractivity contribution >= 4 is 17.6 Å². The van der Waals surface area contributed by atoms with Crippen LogP contribution in [-0.4, -0.2) is 28.3 Å². The average molecular weight is 303 g/mol. The summed E-state index contributed by atoms with van der Waals surface area (Å²) in [5.74, 6) is -3.28. The minimum absolute atomic E-state index is 0.110. The molecule has 1 heterocycles. The van der Waals surface area contributed by atoms with Crippen LogP contribution in [0, 0.1) is 5.95 Å². The highest BCUT2D eigenvalue weighted by atomic mass is 35.5. The van der Waals surface area contributed by atoms with Gasteiger partial charge in [0.05, 0.1) is 0 Å². The summed E-state index contributed by atoms with van der Waals surface area (Å²) in [7, 11) is 0. The molecule has 0 aliphatic heterocycles. The standard InChI is InChI=1S/C8H10ClFN2.C2HF3O2/c1-5(11)4-6-7(9)2-3-12-8(6)10;3-2(4,5)1(6)7/h2-3,5H,4,11H2,1H3;(H,6,7)/t5-;/m1./s1. The van der Waals surface area contributed by atoms with E-state index in [-0.39, 0.29) is 6.04 Å². The lowest BCUT2D eigenvalue weighted by molar-refractivity contribution is -0.192. The summed E-state index contributed by atoms with van der Waals surface area (Å²) >= 11 is 5.74. The van der Waals surface area contributed by atoms with Crippen molar-refractivity contribution < 1.29 is 27.5 Å². The Balaban J connectivity index is 0.000000399. The second-order valence-corrected chi connectivity index (χ2v) is 3.95. The topological polar surface area (TPSA) is 76.2 Å². The van der Waals surface area contributed by atoms with E-state index < -0.39 is 18.1 Å². The Kier molecular flexibility index (Phi) is 6.71. The third-order valence-corrected chi connectivity index (χ3v) is 2.07. The minimum Gasteiger partial charge on any atom is -0.475 e. The normalized spacial score (nSPS) is 12.4. The van der Waals surface area contributed by atoms with E-state index >= 15 is 0 Å². The average Bonchev–Trinajstić information content (AvgIpc) is 2.23. The van der Waals surface area contributed by atoms with Gasteiger partial charge in [0.1, 0.15) is 0 Å². The lowest BCUT2D eigenvalue weighted by Crippen LogP contribution is -2.21. The predicted molar refractivity (Wildman–Crippen MR) is 60.2 cm³/mol. The SMILES string of the molecule is C[C@@H](N)Cc1c(Cl)ccnc1F.O=C(O)C(F)(F)F. The third-order valence-electron chi connectivity index (χ3n) is 1.71. The number of carbonyl (C=O) groups is 1. The molecule has 0 amide bonds. The smallest absolute Gasteiger partial charge is 0.475 e. The van der Waals surface area contributed by atoms with Crippen molar-refractivity contribution in [3.05, 3.63) is 28.8 Å². The molecule has 0 radical (unpaired) electrons. The van der Waals surface area contributed by atoms with Gasteiger partial charge in [0.25, 0.3) is 0 Å². The van der Waals surface area contributed by atoms with Crippen molar-refractivity contribution in [3.63, 3.8) is 0 Å². The fourth-order valence-electron chi connectivity index (χ4n) is 0.949. The molecule has 0 aromatic carbocycles. The number of halogens is 5. The van der Waals surface area contributed by atoms with Gasteiger partial charge in [-0.2, -0.15) is 17.6 Å². The summed E-state index contributed by atoms with van der Waals surface area (Å²) in [6.45, 7) is 1.79. The van der Waals surface area contributed by atoms with Crippen LogP contribution in [0.2, 0.25) is 5.02 Å². The molecule has 1 aromatic heterocycles. The van der Waals surface area contributed by atoms with E-state index in [1.54, 1.807) is 13.0 Å². The van der Waals surface area contributed by atoms with Crippen LogP contribution in [0.1, 0.15) is 12.5 Å². The summed E-state index contributed by atoms with van der Waals surface area (Å²) in [6.07, 6.45) is -3.33. The molecule has 0 unspecified atom stereocenters. The summed E-state index contributed by atoms with van der Waals surface area (Å²) in [4.78, 5) is 12.4. The first-order valence-corrected chi connectivity index (χ1v) is 5.28. The second-order valence-electron chi connectivity index (χ2n) is 3.55. The van der Waals surface area contributed by atoms with Crippen molar-refractivity contribution in [1.82, 2.24) is 4.98 Å². The Bertz CT molecular complexity index is 418. The molecular weight excluding hydrogens is 292 g/mol. The molecule has 0 fully saturated rings. The number of aliphatic carboxylic acids is 1. The Hall–Kier alpha value is -1.41. The first kappa shape index (κ1) is 17.6. The molecule has 108 valence electrons. The van der Waals surface area contributed by atoms with Crippen molar-refractivity contribution in [3.8, 4) is 0 Å². The number of pyridine rings is 1. The first-order valence-electron chi connectivity index (χ1n) is 4.90. The van der Waals surface area contributed by atoms with Gasteiger partial charge >= 0.3 is 12.1 Å². The maximum Gasteiger partial charge on any atom is 0.490 e. The molecule has 0 aliphatic carbocycles. The fourth-order valence-corrected chi connectivity index (χ4v) is 1.16. The molecule has 19 heavy (non-hydrogen) atoms. The lowest BCUT2D eigenvalue weighted by atomic mass is 10.1. The molecular formula is C10H11ClF4N2O2. The highest BCUT2D eigenvalue weighted by Crippen LogP contribution is 2.18. The molecule has 1 atom stereocenters. The van der Waals surface area contributed by atoms with Gasteiger partial charge in [-0.3, -0.25) is 0 Å². The van der Waals surface area contributed by atoms with Gasteiger partial charge < -0.3 is 10.8 Å². The summed E-state index contributed by atoms with van der Waals surface area (Å²) in [5.41, 5.74) is 5.91. The summed E-state index contributed by atoms with van der Waals surface area (Å²) in [5, 5.41) is 7.51. The van der Waals surface area contributed by atoms with Gasteiger partial charge in [0, 0.05) is 22.8 Å². The zero-order valence-corrected chi connectivity index (χ0v) is 10.5. The van der Waals surface area contributed by atoms with E-state index in [4.69, 9.17) is 27.2 Å². The molecule has 0 saturated carbocycles. The van der Waals surface area contributed by atoms with Crippen LogP contribution in [-0.2, 0) is 11.2 Å². The van der Waals surface area contributed by atoms with Crippen molar-refractivity contribution in [1.29, 1.82) is 0 Å². The van der Waals surface area contributed by atoms with E-state index in [2.05, 4.69) is 4.98 Å². The van der Waals surface area contributed by atoms with Crippen molar-refractivity contribution in [2.45, 2.75) is 25.6 Å². The number of rotatable bonds is 2. The zero-order valence-electron chi connectivity index (χ0n) is 9.71. The number of aromatic nitrogens is 1. The number of carboxylic acid groups (broad SMARTS) is 1. The Labute approximate surface area is 111 Å². The van der Waals surface area contributed by atoms with Crippen LogP contribution in [0.5, 0.6) is 0 Å². The predicted octanol–water partition coefficient (Wildman–Crippen LogP) is 2.40. The number of nitrogens with two attached hydrogens (primary N) is 1. The maximum absolute atomic E-state index is 13.0. The number of carboxylic acids is 1. The lowest BCUT2D eigenvalue weighted by Gasteiger charge is -2.06. The molecule has 3 N–H and O–H groups in total. The quantitative estimate of drug-likeness (QED) is 0.649. The number of alkyl halides is 3. The van der Waals surface area contributed by atoms with Gasteiger partial charge in [0.2, 0.25) is 5.95 Å². The van der Waals surface area contributed by atoms with E-state index in [1.807, 2.05) is 0 Å². The highest BCUT2D eigenvalue weighted by molar-refractivity contribution is 6.31. The Morgan fingerprint density at radius 3 is 2.37 bits per heavy atom. The van der Waals surface area contributed by atoms with Gasteiger partial charge in [-0.05, 0) is 19.4 Å². The van der Waals surface area contributed by atoms with Crippen LogP contribution in [0.3, 0.4) is 0 Å². The molecule has 9 heteroatoms. The van der Waals surface area contributed by atoms with Gasteiger partial charge in [-0.25, -0.2) is 9.78 Å². The number of hydrogen-bond donors (Lipinski definition) is 2. The highest BCUT2D eigenvalue weighted by Gasteiger charge is 2.38. The summed E-state index contributed by atoms with van der Waals surface area (Å²) in [6, 6.07) is 1.45. The first-order chi connectivity index (χ1) is 8.55.